The summed E-state index contributed by atoms with van der Waals surface area (Å²) in [5, 5.41) is 10.1. The summed E-state index contributed by atoms with van der Waals surface area (Å²) in [5.41, 5.74) is 1.22. The minimum Gasteiger partial charge on any atom is -1.00 e. The van der Waals surface area contributed by atoms with Gasteiger partial charge in [-0.05, 0) is 17.7 Å². The van der Waals surface area contributed by atoms with Crippen LogP contribution in [0, 0.1) is 0 Å². The number of hydrogen-bond donors (Lipinski definition) is 2. The monoisotopic (exact) mass is 423 g/mol. The van der Waals surface area contributed by atoms with E-state index in [1.165, 1.54) is 0 Å². The molecule has 0 saturated carbocycles. The van der Waals surface area contributed by atoms with Crippen LogP contribution in [0.25, 0.3) is 0 Å². The first kappa shape index (κ1) is 17.9. The van der Waals surface area contributed by atoms with E-state index in [9.17, 15) is 13.5 Å². The van der Waals surface area contributed by atoms with Crippen molar-refractivity contribution in [2.45, 2.75) is 12.6 Å². The van der Waals surface area contributed by atoms with Crippen molar-refractivity contribution in [1.82, 2.24) is 4.57 Å². The third kappa shape index (κ3) is 5.64. The fourth-order valence-electron chi connectivity index (χ4n) is 1.90. The Morgan fingerprint density at radius 3 is 2.43 bits per heavy atom. The number of nitrogens with zero attached hydrogens (tertiary/aromatic N) is 2. The van der Waals surface area contributed by atoms with E-state index in [0.717, 1.165) is 11.8 Å². The molecule has 1 heterocycles. The zero-order valence-electron chi connectivity index (χ0n) is 11.8. The number of halogens is 1. The fourth-order valence-corrected chi connectivity index (χ4v) is 2.47. The molecule has 0 saturated heterocycles. The molecule has 0 amide bonds. The molecule has 6 nitrogen and oxygen atoms in total. The molecule has 0 fully saturated rings. The van der Waals surface area contributed by atoms with Gasteiger partial charge in [-0.2, -0.15) is 0 Å². The van der Waals surface area contributed by atoms with Crippen molar-refractivity contribution in [2.75, 3.05) is 11.0 Å². The van der Waals surface area contributed by atoms with E-state index in [4.69, 9.17) is 0 Å². The largest absolute Gasteiger partial charge is 1.00 e. The highest BCUT2D eigenvalue weighted by molar-refractivity contribution is 7.92. The van der Waals surface area contributed by atoms with Crippen molar-refractivity contribution in [3.05, 3.63) is 48.5 Å². The predicted octanol–water partition coefficient (Wildman–Crippen LogP) is -2.58. The lowest BCUT2D eigenvalue weighted by molar-refractivity contribution is -0.671. The number of aryl methyl sites for hydroxylation is 1. The maximum absolute atomic E-state index is 11.1. The molecule has 0 aliphatic rings. The van der Waals surface area contributed by atoms with Crippen molar-refractivity contribution >= 4 is 15.7 Å². The van der Waals surface area contributed by atoms with Crippen molar-refractivity contribution < 1.29 is 42.1 Å². The lowest BCUT2D eigenvalue weighted by Crippen LogP contribution is -3.00. The molecule has 2 aromatic rings. The second-order valence-electron chi connectivity index (χ2n) is 4.79. The molecule has 0 spiro atoms. The Hall–Kier alpha value is -1.13. The Morgan fingerprint density at radius 1 is 1.33 bits per heavy atom. The maximum Gasteiger partial charge on any atom is 0.243 e. The number of aliphatic hydroxyl groups excluding tert-OH is 1. The van der Waals surface area contributed by atoms with Gasteiger partial charge in [0.1, 0.15) is 25.0 Å². The van der Waals surface area contributed by atoms with Crippen LogP contribution in [-0.2, 0) is 23.6 Å². The van der Waals surface area contributed by atoms with Gasteiger partial charge in [-0.3, -0.25) is 4.72 Å². The van der Waals surface area contributed by atoms with Crippen molar-refractivity contribution in [3.8, 4) is 0 Å². The summed E-state index contributed by atoms with van der Waals surface area (Å²) < 4.78 is 28.4. The van der Waals surface area contributed by atoms with Crippen LogP contribution >= 0.6 is 0 Å². The first-order valence-electron chi connectivity index (χ1n) is 6.10. The van der Waals surface area contributed by atoms with Crippen LogP contribution < -0.4 is 33.3 Å². The molecule has 1 aromatic heterocycles. The third-order valence-corrected chi connectivity index (χ3v) is 3.41. The third-order valence-electron chi connectivity index (χ3n) is 2.81. The summed E-state index contributed by atoms with van der Waals surface area (Å²) in [6, 6.07) is 6.69. The number of anilines is 1. The number of sulfonamides is 1. The Balaban J connectivity index is 0.00000220. The van der Waals surface area contributed by atoms with E-state index in [2.05, 4.69) is 4.72 Å². The summed E-state index contributed by atoms with van der Waals surface area (Å²) >= 11 is 0. The first-order chi connectivity index (χ1) is 9.33. The molecule has 0 aliphatic carbocycles. The fraction of sp³-hybridized carbons (Fsp3) is 0.308. The van der Waals surface area contributed by atoms with Crippen LogP contribution in [0.2, 0.25) is 0 Å². The minimum absolute atomic E-state index is 0. The van der Waals surface area contributed by atoms with Crippen molar-refractivity contribution in [1.29, 1.82) is 0 Å². The number of nitrogens with one attached hydrogen (secondary N) is 1. The molecular weight excluding hydrogens is 405 g/mol. The van der Waals surface area contributed by atoms with Crippen LogP contribution in [0.3, 0.4) is 0 Å². The summed E-state index contributed by atoms with van der Waals surface area (Å²) in [7, 11) is -1.36. The Labute approximate surface area is 141 Å². The van der Waals surface area contributed by atoms with Gasteiger partial charge in [-0.1, -0.05) is 12.1 Å². The number of imidazole rings is 1. The number of aliphatic hydroxyl groups is 1. The van der Waals surface area contributed by atoms with E-state index in [1.54, 1.807) is 24.3 Å². The molecule has 0 radical (unpaired) electrons. The van der Waals surface area contributed by atoms with Gasteiger partial charge in [-0.15, -0.1) is 0 Å². The lowest BCUT2D eigenvalue weighted by Gasteiger charge is -2.10. The van der Waals surface area contributed by atoms with Crippen molar-refractivity contribution in [3.63, 3.8) is 0 Å². The van der Waals surface area contributed by atoms with Gasteiger partial charge in [-0.25, -0.2) is 17.6 Å². The van der Waals surface area contributed by atoms with Crippen LogP contribution in [0.4, 0.5) is 5.69 Å². The molecule has 1 aromatic carbocycles. The van der Waals surface area contributed by atoms with Crippen LogP contribution in [0.15, 0.2) is 43.0 Å². The van der Waals surface area contributed by atoms with Gasteiger partial charge >= 0.3 is 0 Å². The summed E-state index contributed by atoms with van der Waals surface area (Å²) in [6.07, 6.45) is 6.11. The number of rotatable bonds is 5. The van der Waals surface area contributed by atoms with E-state index in [0.29, 0.717) is 12.2 Å². The molecule has 1 atom stereocenters. The molecule has 2 rings (SSSR count). The molecule has 21 heavy (non-hydrogen) atoms. The smallest absolute Gasteiger partial charge is 0.243 e. The summed E-state index contributed by atoms with van der Waals surface area (Å²) in [6.45, 7) is 0.444. The second-order valence-corrected chi connectivity index (χ2v) is 6.54. The number of hydrogen-bond acceptors (Lipinski definition) is 3. The first-order valence-corrected chi connectivity index (χ1v) is 7.99. The van der Waals surface area contributed by atoms with Crippen LogP contribution in [0.1, 0.15) is 11.7 Å². The molecule has 1 unspecified atom stereocenters. The van der Waals surface area contributed by atoms with Crippen molar-refractivity contribution in [2.24, 2.45) is 7.05 Å². The average Bonchev–Trinajstić information content (AvgIpc) is 2.73. The minimum atomic E-state index is -3.28. The van der Waals surface area contributed by atoms with Gasteiger partial charge in [0.2, 0.25) is 16.4 Å². The molecule has 8 heteroatoms. The van der Waals surface area contributed by atoms with E-state index < -0.39 is 16.1 Å². The lowest BCUT2D eigenvalue weighted by atomic mass is 10.1. The molecule has 0 aliphatic heterocycles. The SMILES string of the molecule is C[n+]1ccn(CC(O)c2ccc(NS(C)(=O)=O)cc2)c1.[I-]. The van der Waals surface area contributed by atoms with Gasteiger partial charge in [0.05, 0.1) is 13.3 Å². The predicted molar refractivity (Wildman–Crippen MR) is 75.5 cm³/mol. The molecule has 116 valence electrons. The molecule has 0 bridgehead atoms. The standard InChI is InChI=1S/C13H18N3O3S.HI/c1-15-7-8-16(10-15)9-13(17)11-3-5-12(6-4-11)14-20(2,18)19;/h3-8,10,13-14,17H,9H2,1-2H3;1H/q+1;/p-1. The Bertz CT molecular complexity index is 683. The highest BCUT2D eigenvalue weighted by Crippen LogP contribution is 2.18. The summed E-state index contributed by atoms with van der Waals surface area (Å²) in [4.78, 5) is 0. The average molecular weight is 423 g/mol. The molecule has 2 N–H and O–H groups in total. The maximum atomic E-state index is 11.1. The highest BCUT2D eigenvalue weighted by Gasteiger charge is 2.12. The van der Waals surface area contributed by atoms with E-state index in [-0.39, 0.29) is 24.0 Å². The normalized spacial score (nSPS) is 12.5. The van der Waals surface area contributed by atoms with Crippen LogP contribution in [0.5, 0.6) is 0 Å². The van der Waals surface area contributed by atoms with Gasteiger partial charge in [0, 0.05) is 5.69 Å². The Morgan fingerprint density at radius 2 is 1.95 bits per heavy atom. The van der Waals surface area contributed by atoms with Gasteiger partial charge < -0.3 is 29.1 Å². The zero-order valence-corrected chi connectivity index (χ0v) is 14.7. The highest BCUT2D eigenvalue weighted by atomic mass is 127. The second kappa shape index (κ2) is 7.23. The van der Waals surface area contributed by atoms with E-state index in [1.807, 2.05) is 34.9 Å². The van der Waals surface area contributed by atoms with Crippen LogP contribution in [-0.4, -0.2) is 24.3 Å². The van der Waals surface area contributed by atoms with Gasteiger partial charge in [0.25, 0.3) is 0 Å². The Kier molecular flexibility index (Phi) is 6.17. The topological polar surface area (TPSA) is 75.2 Å². The zero-order chi connectivity index (χ0) is 14.8. The summed E-state index contributed by atoms with van der Waals surface area (Å²) in [5.74, 6) is 0. The van der Waals surface area contributed by atoms with Gasteiger partial charge in [0.15, 0.2) is 0 Å². The number of aromatic nitrogens is 2. The van der Waals surface area contributed by atoms with E-state index >= 15 is 0 Å². The quantitative estimate of drug-likeness (QED) is 0.410. The molecular formula is C13H18IN3O3S. The number of benzene rings is 1.